The molecule has 0 radical (unpaired) electrons. The zero-order chi connectivity index (χ0) is 13.2. The first kappa shape index (κ1) is 13.5. The van der Waals surface area contributed by atoms with Crippen LogP contribution in [0.3, 0.4) is 0 Å². The van der Waals surface area contributed by atoms with E-state index < -0.39 is 11.9 Å². The van der Waals surface area contributed by atoms with Crippen LogP contribution in [0.1, 0.15) is 24.1 Å². The summed E-state index contributed by atoms with van der Waals surface area (Å²) in [6.07, 6.45) is 5.25. The van der Waals surface area contributed by atoms with E-state index in [0.29, 0.717) is 5.92 Å². The van der Waals surface area contributed by atoms with Gasteiger partial charge in [-0.25, -0.2) is 0 Å². The third kappa shape index (κ3) is 3.28. The van der Waals surface area contributed by atoms with Gasteiger partial charge in [-0.1, -0.05) is 18.2 Å². The molecule has 0 aliphatic heterocycles. The van der Waals surface area contributed by atoms with E-state index in [4.69, 9.17) is 0 Å². The van der Waals surface area contributed by atoms with Crippen LogP contribution in [-0.2, 0) is 6.18 Å². The van der Waals surface area contributed by atoms with Crippen molar-refractivity contribution in [1.82, 2.24) is 4.98 Å². The number of halogens is 3. The van der Waals surface area contributed by atoms with Crippen molar-refractivity contribution in [1.29, 1.82) is 0 Å². The maximum Gasteiger partial charge on any atom is 0.433 e. The maximum absolute atomic E-state index is 12.3. The molecule has 1 nitrogen and oxygen atoms in total. The lowest BCUT2D eigenvalue weighted by molar-refractivity contribution is -0.141. The topological polar surface area (TPSA) is 12.9 Å². The van der Waals surface area contributed by atoms with Crippen LogP contribution in [-0.4, -0.2) is 16.5 Å². The summed E-state index contributed by atoms with van der Waals surface area (Å²) < 4.78 is 36.9. The first-order valence-electron chi connectivity index (χ1n) is 5.73. The second-order valence-corrected chi connectivity index (χ2v) is 5.56. The minimum atomic E-state index is -4.36. The number of aromatic nitrogens is 1. The predicted molar refractivity (Wildman–Crippen MR) is 68.3 cm³/mol. The highest BCUT2D eigenvalue weighted by Gasteiger charge is 2.32. The summed E-state index contributed by atoms with van der Waals surface area (Å²) in [5.74, 6) is 0.560. The zero-order valence-electron chi connectivity index (χ0n) is 9.95. The Morgan fingerprint density at radius 2 is 2.06 bits per heavy atom. The number of pyridine rings is 1. The van der Waals surface area contributed by atoms with Gasteiger partial charge < -0.3 is 0 Å². The highest BCUT2D eigenvalue weighted by atomic mass is 32.2. The van der Waals surface area contributed by atoms with Gasteiger partial charge in [0.05, 0.1) is 0 Å². The van der Waals surface area contributed by atoms with Gasteiger partial charge in [0, 0.05) is 11.4 Å². The Kier molecular flexibility index (Phi) is 4.00. The van der Waals surface area contributed by atoms with Crippen molar-refractivity contribution in [3.63, 3.8) is 0 Å². The van der Waals surface area contributed by atoms with Gasteiger partial charge in [0.1, 0.15) is 5.69 Å². The van der Waals surface area contributed by atoms with E-state index in [1.165, 1.54) is 12.3 Å². The summed E-state index contributed by atoms with van der Waals surface area (Å²) in [4.78, 5) is 3.42. The molecule has 5 heteroatoms. The van der Waals surface area contributed by atoms with E-state index in [-0.39, 0.29) is 0 Å². The van der Waals surface area contributed by atoms with Crippen LogP contribution in [0.15, 0.2) is 24.4 Å². The fourth-order valence-electron chi connectivity index (χ4n) is 1.87. The number of nitrogens with zero attached hydrogens (tertiary/aromatic N) is 1. The van der Waals surface area contributed by atoms with Gasteiger partial charge in [-0.3, -0.25) is 4.98 Å². The predicted octanol–water partition coefficient (Wildman–Crippen LogP) is 4.26. The summed E-state index contributed by atoms with van der Waals surface area (Å²) >= 11 is 1.87. The van der Waals surface area contributed by atoms with Gasteiger partial charge in [-0.15, -0.1) is 0 Å². The summed E-state index contributed by atoms with van der Waals surface area (Å²) in [5.41, 5.74) is -0.124. The minimum absolute atomic E-state index is 0.560. The third-order valence-electron chi connectivity index (χ3n) is 3.10. The molecular weight excluding hydrogens is 259 g/mol. The zero-order valence-corrected chi connectivity index (χ0v) is 10.8. The molecular formula is C13H14F3NS. The Morgan fingerprint density at radius 3 is 2.56 bits per heavy atom. The molecule has 0 bridgehead atoms. The molecule has 0 unspecified atom stereocenters. The molecule has 1 heterocycles. The highest BCUT2D eigenvalue weighted by Crippen LogP contribution is 2.36. The van der Waals surface area contributed by atoms with Crippen LogP contribution in [0.2, 0.25) is 0 Å². The molecule has 18 heavy (non-hydrogen) atoms. The minimum Gasteiger partial charge on any atom is -0.251 e. The van der Waals surface area contributed by atoms with Gasteiger partial charge in [0.2, 0.25) is 0 Å². The molecule has 0 spiro atoms. The first-order valence-corrected chi connectivity index (χ1v) is 7.02. The molecule has 0 aromatic carbocycles. The van der Waals surface area contributed by atoms with Crippen molar-refractivity contribution < 1.29 is 13.2 Å². The largest absolute Gasteiger partial charge is 0.433 e. The van der Waals surface area contributed by atoms with E-state index in [0.717, 1.165) is 29.7 Å². The van der Waals surface area contributed by atoms with Crippen molar-refractivity contribution in [3.8, 4) is 0 Å². The average Bonchev–Trinajstić information content (AvgIpc) is 2.27. The van der Waals surface area contributed by atoms with Gasteiger partial charge in [0.15, 0.2) is 0 Å². The van der Waals surface area contributed by atoms with E-state index >= 15 is 0 Å². The molecule has 1 aromatic rings. The monoisotopic (exact) mass is 273 g/mol. The molecule has 0 N–H and O–H groups in total. The lowest BCUT2D eigenvalue weighted by atomic mass is 9.84. The van der Waals surface area contributed by atoms with Crippen LogP contribution in [0.25, 0.3) is 6.08 Å². The van der Waals surface area contributed by atoms with Crippen molar-refractivity contribution >= 4 is 17.8 Å². The number of rotatable bonds is 3. The van der Waals surface area contributed by atoms with E-state index in [2.05, 4.69) is 17.3 Å². The standard InChI is InChI=1S/C13H14F3NS/c1-18-11-6-10(7-11)3-2-9-4-5-12(17-8-9)13(14,15)16/h2-5,8,10-11H,6-7H2,1H3/b3-2+. The van der Waals surface area contributed by atoms with Crippen molar-refractivity contribution in [3.05, 3.63) is 35.7 Å². The number of hydrogen-bond acceptors (Lipinski definition) is 2. The van der Waals surface area contributed by atoms with Gasteiger partial charge in [-0.2, -0.15) is 24.9 Å². The van der Waals surface area contributed by atoms with Crippen LogP contribution in [0.4, 0.5) is 13.2 Å². The molecule has 1 aliphatic rings. The van der Waals surface area contributed by atoms with Gasteiger partial charge >= 0.3 is 6.18 Å². The van der Waals surface area contributed by atoms with E-state index in [1.54, 1.807) is 0 Å². The van der Waals surface area contributed by atoms with Crippen molar-refractivity contribution in [2.24, 2.45) is 5.92 Å². The number of thioether (sulfide) groups is 1. The number of allylic oxidation sites excluding steroid dienone is 1. The maximum atomic E-state index is 12.3. The summed E-state index contributed by atoms with van der Waals surface area (Å²) in [6.45, 7) is 0. The van der Waals surface area contributed by atoms with Crippen molar-refractivity contribution in [2.45, 2.75) is 24.3 Å². The van der Waals surface area contributed by atoms with Gasteiger partial charge in [-0.05, 0) is 36.6 Å². The van der Waals surface area contributed by atoms with Crippen LogP contribution in [0.5, 0.6) is 0 Å². The quantitative estimate of drug-likeness (QED) is 0.816. The number of alkyl halides is 3. The van der Waals surface area contributed by atoms with Crippen LogP contribution in [0, 0.1) is 5.92 Å². The Hall–Kier alpha value is -0.970. The Morgan fingerprint density at radius 1 is 1.33 bits per heavy atom. The molecule has 98 valence electrons. The fourth-order valence-corrected chi connectivity index (χ4v) is 2.75. The smallest absolute Gasteiger partial charge is 0.251 e. The SMILES string of the molecule is CSC1CC(/C=C/c2ccc(C(F)(F)F)nc2)C1. The second kappa shape index (κ2) is 5.34. The summed E-state index contributed by atoms with van der Waals surface area (Å²) in [5, 5.41) is 0.741. The molecule has 1 aromatic heterocycles. The molecule has 0 amide bonds. The molecule has 2 rings (SSSR count). The third-order valence-corrected chi connectivity index (χ3v) is 4.15. The normalized spacial score (nSPS) is 24.2. The molecule has 1 saturated carbocycles. The molecule has 0 atom stereocenters. The Bertz CT molecular complexity index is 419. The second-order valence-electron chi connectivity index (χ2n) is 4.42. The average molecular weight is 273 g/mol. The summed E-state index contributed by atoms with van der Waals surface area (Å²) in [7, 11) is 0. The van der Waals surface area contributed by atoms with E-state index in [9.17, 15) is 13.2 Å². The van der Waals surface area contributed by atoms with E-state index in [1.807, 2.05) is 17.8 Å². The van der Waals surface area contributed by atoms with Crippen LogP contribution >= 0.6 is 11.8 Å². The number of hydrogen-bond donors (Lipinski definition) is 0. The summed E-state index contributed by atoms with van der Waals surface area (Å²) in [6, 6.07) is 2.47. The lowest BCUT2D eigenvalue weighted by Crippen LogP contribution is -2.23. The molecule has 1 aliphatic carbocycles. The highest BCUT2D eigenvalue weighted by molar-refractivity contribution is 7.99. The van der Waals surface area contributed by atoms with Crippen molar-refractivity contribution in [2.75, 3.05) is 6.26 Å². The Balaban J connectivity index is 1.93. The van der Waals surface area contributed by atoms with Gasteiger partial charge in [0.25, 0.3) is 0 Å². The molecule has 0 saturated heterocycles. The fraction of sp³-hybridized carbons (Fsp3) is 0.462. The molecule has 1 fully saturated rings. The first-order chi connectivity index (χ1) is 8.49. The lowest BCUT2D eigenvalue weighted by Gasteiger charge is -2.31. The Labute approximate surface area is 108 Å². The van der Waals surface area contributed by atoms with Crippen LogP contribution < -0.4 is 0 Å².